The Morgan fingerprint density at radius 2 is 2.25 bits per heavy atom. The highest BCUT2D eigenvalue weighted by Gasteiger charge is 2.09. The monoisotopic (exact) mass is 238 g/mol. The maximum Gasteiger partial charge on any atom is 0.256 e. The molecule has 1 amide bonds. The van der Waals surface area contributed by atoms with Gasteiger partial charge in [-0.05, 0) is 18.2 Å². The van der Waals surface area contributed by atoms with E-state index in [4.69, 9.17) is 5.73 Å². The molecule has 0 bridgehead atoms. The summed E-state index contributed by atoms with van der Waals surface area (Å²) in [6.07, 6.45) is 1.41. The second-order valence-corrected chi connectivity index (χ2v) is 3.79. The number of nitrogen functional groups attached to an aromatic ring is 1. The Kier molecular flexibility index (Phi) is 2.78. The van der Waals surface area contributed by atoms with Crippen molar-refractivity contribution in [2.75, 3.05) is 11.1 Å². The van der Waals surface area contributed by atoms with Gasteiger partial charge >= 0.3 is 0 Å². The summed E-state index contributed by atoms with van der Waals surface area (Å²) in [6, 6.07) is 3.65. The molecular formula is C9H7FN4OS. The number of amides is 1. The Balaban J connectivity index is 2.21. The molecule has 0 aliphatic carbocycles. The lowest BCUT2D eigenvalue weighted by atomic mass is 10.2. The highest BCUT2D eigenvalue weighted by atomic mass is 32.1. The number of anilines is 2. The fourth-order valence-electron chi connectivity index (χ4n) is 1.15. The minimum Gasteiger partial charge on any atom is -0.399 e. The number of nitrogens with one attached hydrogen (secondary N) is 1. The molecule has 0 unspecified atom stereocenters. The van der Waals surface area contributed by atoms with Gasteiger partial charge in [-0.3, -0.25) is 4.79 Å². The van der Waals surface area contributed by atoms with Crippen molar-refractivity contribution in [2.24, 2.45) is 0 Å². The molecular weight excluding hydrogens is 231 g/mol. The zero-order valence-electron chi connectivity index (χ0n) is 7.98. The summed E-state index contributed by atoms with van der Waals surface area (Å²) in [6.45, 7) is 0. The van der Waals surface area contributed by atoms with E-state index in [0.717, 1.165) is 23.7 Å². The number of nitrogens with zero attached hydrogens (tertiary/aromatic N) is 2. The second-order valence-electron chi connectivity index (χ2n) is 3.01. The molecule has 7 heteroatoms. The van der Waals surface area contributed by atoms with Gasteiger partial charge in [-0.15, -0.1) is 5.10 Å². The van der Waals surface area contributed by atoms with E-state index in [1.165, 1.54) is 12.3 Å². The summed E-state index contributed by atoms with van der Waals surface area (Å²) in [7, 11) is 0. The van der Waals surface area contributed by atoms with Gasteiger partial charge in [0.2, 0.25) is 0 Å². The number of hydrogen-bond donors (Lipinski definition) is 2. The van der Waals surface area contributed by atoms with Crippen molar-refractivity contribution in [2.45, 2.75) is 0 Å². The van der Waals surface area contributed by atoms with Gasteiger partial charge in [0.25, 0.3) is 5.91 Å². The molecule has 1 aromatic carbocycles. The van der Waals surface area contributed by atoms with E-state index in [-0.39, 0.29) is 11.3 Å². The smallest absolute Gasteiger partial charge is 0.256 e. The van der Waals surface area contributed by atoms with E-state index in [9.17, 15) is 9.18 Å². The predicted octanol–water partition coefficient (Wildman–Crippen LogP) is 1.51. The standard InChI is InChI=1S/C9H7FN4OS/c10-6-1-5(2-7(11)3-6)9(15)13-8-4-12-14-16-8/h1-4H,11H2,(H,13,15). The van der Waals surface area contributed by atoms with Crippen molar-refractivity contribution >= 4 is 28.1 Å². The Labute approximate surface area is 94.3 Å². The lowest BCUT2D eigenvalue weighted by molar-refractivity contribution is 0.102. The molecule has 1 heterocycles. The van der Waals surface area contributed by atoms with Gasteiger partial charge in [0.15, 0.2) is 0 Å². The average Bonchev–Trinajstić information content (AvgIpc) is 2.68. The molecule has 0 radical (unpaired) electrons. The minimum atomic E-state index is -0.549. The third kappa shape index (κ3) is 2.31. The first-order valence-electron chi connectivity index (χ1n) is 4.30. The van der Waals surface area contributed by atoms with Crippen LogP contribution in [0.25, 0.3) is 0 Å². The van der Waals surface area contributed by atoms with E-state index in [0.29, 0.717) is 5.00 Å². The van der Waals surface area contributed by atoms with E-state index in [2.05, 4.69) is 14.9 Å². The maximum atomic E-state index is 13.0. The quantitative estimate of drug-likeness (QED) is 0.777. The first-order chi connectivity index (χ1) is 7.65. The van der Waals surface area contributed by atoms with Gasteiger partial charge in [-0.2, -0.15) is 0 Å². The molecule has 0 saturated heterocycles. The normalized spacial score (nSPS) is 10.1. The van der Waals surface area contributed by atoms with Crippen LogP contribution in [0.1, 0.15) is 10.4 Å². The molecule has 3 N–H and O–H groups in total. The third-order valence-electron chi connectivity index (χ3n) is 1.78. The number of hydrogen-bond acceptors (Lipinski definition) is 5. The zero-order valence-corrected chi connectivity index (χ0v) is 8.79. The summed E-state index contributed by atoms with van der Waals surface area (Å²) >= 11 is 1.04. The molecule has 0 aliphatic rings. The number of halogens is 1. The van der Waals surface area contributed by atoms with Crippen LogP contribution in [0.4, 0.5) is 15.1 Å². The van der Waals surface area contributed by atoms with Crippen LogP contribution < -0.4 is 11.1 Å². The van der Waals surface area contributed by atoms with Gasteiger partial charge in [-0.1, -0.05) is 4.49 Å². The molecule has 2 rings (SSSR count). The van der Waals surface area contributed by atoms with E-state index < -0.39 is 11.7 Å². The highest BCUT2D eigenvalue weighted by Crippen LogP contribution is 2.14. The SMILES string of the molecule is Nc1cc(F)cc(C(=O)Nc2cnns2)c1. The third-order valence-corrected chi connectivity index (χ3v) is 2.36. The Hall–Kier alpha value is -2.02. The summed E-state index contributed by atoms with van der Waals surface area (Å²) in [5.41, 5.74) is 5.79. The van der Waals surface area contributed by atoms with E-state index in [1.807, 2.05) is 0 Å². The van der Waals surface area contributed by atoms with Crippen molar-refractivity contribution in [3.8, 4) is 0 Å². The van der Waals surface area contributed by atoms with Crippen molar-refractivity contribution < 1.29 is 9.18 Å². The van der Waals surface area contributed by atoms with Gasteiger partial charge in [0.1, 0.15) is 10.8 Å². The molecule has 1 aromatic heterocycles. The van der Waals surface area contributed by atoms with Crippen LogP contribution in [-0.4, -0.2) is 15.5 Å². The number of carbonyl (C=O) groups is 1. The van der Waals surface area contributed by atoms with Gasteiger partial charge in [-0.25, -0.2) is 4.39 Å². The first-order valence-corrected chi connectivity index (χ1v) is 5.07. The van der Waals surface area contributed by atoms with E-state index in [1.54, 1.807) is 0 Å². The number of aromatic nitrogens is 2. The van der Waals surface area contributed by atoms with Crippen molar-refractivity contribution in [1.29, 1.82) is 0 Å². The van der Waals surface area contributed by atoms with Crippen molar-refractivity contribution in [3.05, 3.63) is 35.8 Å². The summed E-state index contributed by atoms with van der Waals surface area (Å²) in [5.74, 6) is -0.996. The molecule has 0 atom stereocenters. The predicted molar refractivity (Wildman–Crippen MR) is 58.7 cm³/mol. The molecule has 16 heavy (non-hydrogen) atoms. The molecule has 5 nitrogen and oxygen atoms in total. The maximum absolute atomic E-state index is 13.0. The average molecular weight is 238 g/mol. The number of rotatable bonds is 2. The van der Waals surface area contributed by atoms with Gasteiger partial charge in [0.05, 0.1) is 6.20 Å². The molecule has 82 valence electrons. The van der Waals surface area contributed by atoms with Gasteiger partial charge in [0, 0.05) is 22.8 Å². The van der Waals surface area contributed by atoms with Crippen LogP contribution in [0.3, 0.4) is 0 Å². The molecule has 0 aliphatic heterocycles. The van der Waals surface area contributed by atoms with Crippen LogP contribution in [-0.2, 0) is 0 Å². The van der Waals surface area contributed by atoms with Crippen LogP contribution in [0.5, 0.6) is 0 Å². The van der Waals surface area contributed by atoms with Crippen LogP contribution >= 0.6 is 11.5 Å². The van der Waals surface area contributed by atoms with Crippen LogP contribution in [0, 0.1) is 5.82 Å². The number of nitrogens with two attached hydrogens (primary N) is 1. The largest absolute Gasteiger partial charge is 0.399 e. The minimum absolute atomic E-state index is 0.158. The fraction of sp³-hybridized carbons (Fsp3) is 0. The van der Waals surface area contributed by atoms with E-state index >= 15 is 0 Å². The topological polar surface area (TPSA) is 80.9 Å². The first kappa shape index (κ1) is 10.5. The molecule has 0 saturated carbocycles. The van der Waals surface area contributed by atoms with Crippen molar-refractivity contribution in [1.82, 2.24) is 9.59 Å². The van der Waals surface area contributed by atoms with Crippen LogP contribution in [0.15, 0.2) is 24.4 Å². The Morgan fingerprint density at radius 3 is 2.88 bits per heavy atom. The molecule has 0 spiro atoms. The van der Waals surface area contributed by atoms with Crippen LogP contribution in [0.2, 0.25) is 0 Å². The lowest BCUT2D eigenvalue weighted by Crippen LogP contribution is -2.11. The fourth-order valence-corrected chi connectivity index (χ4v) is 1.56. The lowest BCUT2D eigenvalue weighted by Gasteiger charge is -2.02. The summed E-state index contributed by atoms with van der Waals surface area (Å²) < 4.78 is 16.6. The summed E-state index contributed by atoms with van der Waals surface area (Å²) in [4.78, 5) is 11.6. The van der Waals surface area contributed by atoms with Gasteiger partial charge < -0.3 is 11.1 Å². The second kappa shape index (κ2) is 4.23. The molecule has 0 fully saturated rings. The number of carbonyl (C=O) groups excluding carboxylic acids is 1. The highest BCUT2D eigenvalue weighted by molar-refractivity contribution is 7.10. The van der Waals surface area contributed by atoms with Crippen molar-refractivity contribution in [3.63, 3.8) is 0 Å². The Bertz CT molecular complexity index is 494. The zero-order chi connectivity index (χ0) is 11.5. The summed E-state index contributed by atoms with van der Waals surface area (Å²) in [5, 5.41) is 6.58. The Morgan fingerprint density at radius 1 is 1.44 bits per heavy atom. The molecule has 2 aromatic rings. The number of benzene rings is 1.